The number of fused-ring (bicyclic) bond motifs is 4. The van der Waals surface area contributed by atoms with Crippen molar-refractivity contribution in [3.8, 4) is 5.75 Å². The maximum absolute atomic E-state index is 15.8. The van der Waals surface area contributed by atoms with Crippen molar-refractivity contribution in [2.75, 3.05) is 79.0 Å². The van der Waals surface area contributed by atoms with E-state index in [0.717, 1.165) is 36.3 Å². The number of nitrogens with one attached hydrogen (secondary N) is 12. The number of aliphatic hydroxyl groups excluding tert-OH is 1. The number of unbranched alkanes of at least 4 members (excludes halogenated alkanes) is 3. The molecular formula is C89H127N21O22S. The van der Waals surface area contributed by atoms with Crippen molar-refractivity contribution in [3.63, 3.8) is 0 Å². The quantitative estimate of drug-likeness (QED) is 0.0222. The third kappa shape index (κ3) is 29.6. The molecule has 23 N–H and O–H groups in total. The van der Waals surface area contributed by atoms with Gasteiger partial charge in [0.15, 0.2) is 0 Å². The summed E-state index contributed by atoms with van der Waals surface area (Å²) in [6.45, 7) is 3.01. The van der Waals surface area contributed by atoms with Gasteiger partial charge in [-0.3, -0.25) is 86.3 Å². The first-order valence-corrected chi connectivity index (χ1v) is 45.8. The molecule has 3 saturated heterocycles. The Kier molecular flexibility index (Phi) is 40.7. The number of ether oxygens (including phenoxy) is 1. The Morgan fingerprint density at radius 2 is 1.01 bits per heavy atom. The van der Waals surface area contributed by atoms with Gasteiger partial charge < -0.3 is 131 Å². The fourth-order valence-corrected chi connectivity index (χ4v) is 17.2. The highest BCUT2D eigenvalue weighted by Gasteiger charge is 2.47. The fraction of sp³-hybridized carbons (Fsp3) is 0.551. The molecule has 3 fully saturated rings. The van der Waals surface area contributed by atoms with Crippen LogP contribution in [-0.2, 0) is 106 Å². The van der Waals surface area contributed by atoms with Gasteiger partial charge in [0.2, 0.25) is 94.5 Å². The summed E-state index contributed by atoms with van der Waals surface area (Å²) in [4.78, 5) is 273. The molecule has 0 unspecified atom stereocenters. The Morgan fingerprint density at radius 3 is 1.61 bits per heavy atom. The molecule has 5 aromatic rings. The minimum atomic E-state index is -2.05. The fourth-order valence-electron chi connectivity index (χ4n) is 16.3. The molecule has 3 aromatic carbocycles. The molecule has 0 radical (unpaired) electrons. The maximum atomic E-state index is 15.8. The summed E-state index contributed by atoms with van der Waals surface area (Å²) in [6, 6.07) is -2.27. The third-order valence-electron chi connectivity index (χ3n) is 23.9. The average molecular weight is 1880 g/mol. The summed E-state index contributed by atoms with van der Waals surface area (Å²) < 4.78 is 5.33. The topological polar surface area (TPSA) is 649 Å². The monoisotopic (exact) mass is 1870 g/mol. The molecule has 16 amide bonds. The SMILES string of the molecule is CCCC[C@H]1C(=O)N(C)[C@@H](CCCC)C(=O)N[C@@H](CCCN)C(=O)N[C@H](C(=O)NCC(N)=O)CSCC(=O)N[C@@H](Cc2ccc(OC)cc2)C(=O)N(C)[C@@H](C)C(=O)N[C@H](CC(=O)O)C(=O)N2CCC[C@H]2C(=O)N[C@@H](CN)C(=O)N[C@@H](CCCCN)C(=O)N2C[C@H](O)C[C@H]2C(=O)N[C@@H](Cc2c[nH]c3ccccc23)C(=O)N[C@@H](CC(=O)O)C(=O)N[C@@H](Cc2c[nH]c3ccccc23)C(=O)N1C. The molecule has 0 bridgehead atoms. The van der Waals surface area contributed by atoms with Crippen molar-refractivity contribution >= 4 is 140 Å². The van der Waals surface area contributed by atoms with Gasteiger partial charge in [-0.2, -0.15) is 0 Å². The van der Waals surface area contributed by atoms with Gasteiger partial charge in [-0.1, -0.05) is 88.1 Å². The number of aromatic nitrogens is 2. The Bertz CT molecular complexity index is 4960. The van der Waals surface area contributed by atoms with E-state index in [0.29, 0.717) is 76.3 Å². The van der Waals surface area contributed by atoms with Crippen LogP contribution in [0.1, 0.15) is 140 Å². The van der Waals surface area contributed by atoms with E-state index in [-0.39, 0.29) is 90.3 Å². The van der Waals surface area contributed by atoms with Crippen LogP contribution >= 0.6 is 11.8 Å². The van der Waals surface area contributed by atoms with Crippen molar-refractivity contribution in [1.82, 2.24) is 87.6 Å². The summed E-state index contributed by atoms with van der Waals surface area (Å²) in [5.74, 6) is -19.3. The highest BCUT2D eigenvalue weighted by atomic mass is 32.2. The molecule has 133 heavy (non-hydrogen) atoms. The number of H-pyrrole nitrogens is 2. The minimum Gasteiger partial charge on any atom is -0.497 e. The number of aliphatic hydroxyl groups is 1. The number of carboxylic acids is 2. The van der Waals surface area contributed by atoms with Crippen LogP contribution in [0.5, 0.6) is 5.75 Å². The number of benzene rings is 3. The number of likely N-dealkylation sites (N-methyl/N-ethyl adjacent to an activating group) is 3. The number of hydrogen-bond donors (Lipinski definition) is 19. The molecule has 3 aliphatic heterocycles. The van der Waals surface area contributed by atoms with Gasteiger partial charge in [-0.05, 0) is 119 Å². The maximum Gasteiger partial charge on any atom is 0.305 e. The van der Waals surface area contributed by atoms with Crippen molar-refractivity contribution in [2.45, 2.75) is 233 Å². The van der Waals surface area contributed by atoms with Gasteiger partial charge in [-0.15, -0.1) is 11.8 Å². The number of nitrogens with zero attached hydrogens (tertiary/aromatic N) is 5. The van der Waals surface area contributed by atoms with Crippen LogP contribution < -0.4 is 80.8 Å². The third-order valence-corrected chi connectivity index (χ3v) is 25.0. The second kappa shape index (κ2) is 51.3. The molecule has 43 nitrogen and oxygen atoms in total. The Morgan fingerprint density at radius 1 is 0.504 bits per heavy atom. The number of carbonyl (C=O) groups is 18. The lowest BCUT2D eigenvalue weighted by atomic mass is 9.99. The molecule has 8 rings (SSSR count). The summed E-state index contributed by atoms with van der Waals surface area (Å²) in [6.07, 6.45) is 0.117. The summed E-state index contributed by atoms with van der Waals surface area (Å²) in [5, 5.41) is 59.2. The highest BCUT2D eigenvalue weighted by Crippen LogP contribution is 2.28. The molecule has 3 aliphatic rings. The first-order valence-electron chi connectivity index (χ1n) is 44.7. The number of methoxy groups -OCH3 is 1. The summed E-state index contributed by atoms with van der Waals surface area (Å²) in [5.41, 5.74) is 26.1. The van der Waals surface area contributed by atoms with Crippen LogP contribution in [-0.4, -0.2) is 326 Å². The number of amides is 16. The Labute approximate surface area is 773 Å². The number of hydrogen-bond acceptors (Lipinski definition) is 24. The van der Waals surface area contributed by atoms with Gasteiger partial charge in [0.1, 0.15) is 90.3 Å². The number of carboxylic acid groups (broad SMARTS) is 2. The van der Waals surface area contributed by atoms with Crippen LogP contribution in [0.25, 0.3) is 21.8 Å². The molecule has 2 aromatic heterocycles. The molecule has 0 spiro atoms. The smallest absolute Gasteiger partial charge is 0.305 e. The second-order valence-electron chi connectivity index (χ2n) is 33.6. The zero-order valence-electron chi connectivity index (χ0n) is 75.9. The largest absolute Gasteiger partial charge is 0.497 e. The second-order valence-corrected chi connectivity index (χ2v) is 34.6. The van der Waals surface area contributed by atoms with Crippen LogP contribution in [0, 0.1) is 0 Å². The number of aromatic amines is 2. The van der Waals surface area contributed by atoms with Crippen LogP contribution in [0.15, 0.2) is 85.2 Å². The van der Waals surface area contributed by atoms with E-state index in [2.05, 4.69) is 63.1 Å². The zero-order valence-corrected chi connectivity index (χ0v) is 76.7. The molecule has 0 aliphatic carbocycles. The first kappa shape index (κ1) is 106. The Balaban J connectivity index is 1.20. The van der Waals surface area contributed by atoms with Crippen LogP contribution in [0.2, 0.25) is 0 Å². The van der Waals surface area contributed by atoms with Gasteiger partial charge >= 0.3 is 11.9 Å². The number of nitrogens with two attached hydrogens (primary N) is 4. The van der Waals surface area contributed by atoms with E-state index < -0.39 is 248 Å². The van der Waals surface area contributed by atoms with Crippen molar-refractivity contribution in [1.29, 1.82) is 0 Å². The normalized spacial score (nSPS) is 24.9. The van der Waals surface area contributed by atoms with Crippen molar-refractivity contribution in [2.24, 2.45) is 22.9 Å². The lowest BCUT2D eigenvalue weighted by Crippen LogP contribution is -2.61. The molecular weight excluding hydrogens is 1750 g/mol. The van der Waals surface area contributed by atoms with E-state index in [9.17, 15) is 68.1 Å². The van der Waals surface area contributed by atoms with E-state index in [4.69, 9.17) is 27.7 Å². The standard InChI is InChI=1S/C89H127N21O22S/c1-8-10-26-68-82(124)98-59(25-18-34-91)78(120)105-67(77(119)96-45-72(93)112)47-133-48-73(113)97-63(36-50-29-31-54(132-7)32-30-50)85(127)106(4)49(3)76(118)102-65(41-75(116)117)88(130)109-35-19-28-69(109)83(125)104-66(42-92)81(123)99-60(24-16-17-33-90)87(129)110-46-53(111)39-71(110)84(126)101-61(37-51-43-94-57-22-14-12-20-55(51)57)79(121)100-62(40-74(114)115)80(122)103-64(38-52-44-95-58-23-15-13-21-56(52)58)86(128)108(6)70(27-11-9-2)89(131)107(68)5/h12-15,20-23,29-32,43-44,49,53,59-71,94-95,111H,8-11,16-19,24-28,33-42,45-48,90-92H2,1-7H3,(H2,93,112)(H,96,119)(H,97,113)(H,98,124)(H,99,123)(H,100,121)(H,101,126)(H,102,118)(H,103,122)(H,104,125)(H,105,120)(H,114,115)(H,116,117)/t49-,53+,59-,60-,61-,62-,63-,64-,65+,66-,67-,68-,69-,70-,71-/m0/s1. The van der Waals surface area contributed by atoms with E-state index >= 15 is 33.6 Å². The van der Waals surface area contributed by atoms with Gasteiger partial charge in [0.05, 0.1) is 38.4 Å². The highest BCUT2D eigenvalue weighted by molar-refractivity contribution is 8.00. The van der Waals surface area contributed by atoms with E-state index in [1.807, 2.05) is 13.8 Å². The zero-order chi connectivity index (χ0) is 97.4. The summed E-state index contributed by atoms with van der Waals surface area (Å²) in [7, 11) is 5.28. The predicted octanol–water partition coefficient (Wildman–Crippen LogP) is -2.99. The number of carbonyl (C=O) groups excluding carboxylic acids is 16. The van der Waals surface area contributed by atoms with Crippen LogP contribution in [0.3, 0.4) is 0 Å². The van der Waals surface area contributed by atoms with Gasteiger partial charge in [0, 0.05) is 106 Å². The Hall–Kier alpha value is -12.8. The van der Waals surface area contributed by atoms with Gasteiger partial charge in [0.25, 0.3) is 0 Å². The first-order chi connectivity index (χ1) is 63.4. The number of thioether (sulfide) groups is 1. The molecule has 5 heterocycles. The number of primary amides is 1. The predicted molar refractivity (Wildman–Crippen MR) is 488 cm³/mol. The number of para-hydroxylation sites is 2. The lowest BCUT2D eigenvalue weighted by Gasteiger charge is -2.36. The molecule has 44 heteroatoms. The number of aliphatic carboxylic acids is 2. The average Bonchev–Trinajstić information content (AvgIpc) is 1.64. The van der Waals surface area contributed by atoms with Gasteiger partial charge in [-0.25, -0.2) is 0 Å². The minimum absolute atomic E-state index is 0.0106. The van der Waals surface area contributed by atoms with Crippen molar-refractivity contribution < 1.29 is 106 Å². The molecule has 0 saturated carbocycles. The number of rotatable bonds is 28. The molecule has 15 atom stereocenters. The summed E-state index contributed by atoms with van der Waals surface area (Å²) >= 11 is 0.776. The molecule has 726 valence electrons. The van der Waals surface area contributed by atoms with Crippen molar-refractivity contribution in [3.05, 3.63) is 102 Å². The van der Waals surface area contributed by atoms with E-state index in [1.165, 1.54) is 35.2 Å². The van der Waals surface area contributed by atoms with Crippen LogP contribution in [0.4, 0.5) is 0 Å². The lowest BCUT2D eigenvalue weighted by molar-refractivity contribution is -0.149. The van der Waals surface area contributed by atoms with E-state index in [1.54, 1.807) is 85.2 Å².